The van der Waals surface area contributed by atoms with E-state index in [2.05, 4.69) is 43.1 Å². The van der Waals surface area contributed by atoms with Crippen LogP contribution in [0, 0.1) is 0 Å². The Morgan fingerprint density at radius 1 is 1.30 bits per heavy atom. The van der Waals surface area contributed by atoms with Crippen molar-refractivity contribution in [2.45, 2.75) is 50.2 Å². The number of piperidine rings is 1. The molecule has 1 aliphatic carbocycles. The number of benzene rings is 1. The monoisotopic (exact) mass is 274 g/mol. The lowest BCUT2D eigenvalue weighted by molar-refractivity contribution is 0.104. The summed E-state index contributed by atoms with van der Waals surface area (Å²) >= 11 is 0. The SMILES string of the molecule is CC(N)C1(c2ccc(OC3CCCN(C)C3)cc2)CC1. The maximum Gasteiger partial charge on any atom is 0.119 e. The van der Waals surface area contributed by atoms with Gasteiger partial charge >= 0.3 is 0 Å². The van der Waals surface area contributed by atoms with Crippen LogP contribution in [0.1, 0.15) is 38.2 Å². The highest BCUT2D eigenvalue weighted by Crippen LogP contribution is 2.50. The number of hydrogen-bond acceptors (Lipinski definition) is 3. The van der Waals surface area contributed by atoms with Crippen molar-refractivity contribution < 1.29 is 4.74 Å². The fourth-order valence-electron chi connectivity index (χ4n) is 3.41. The summed E-state index contributed by atoms with van der Waals surface area (Å²) in [6.07, 6.45) is 5.17. The van der Waals surface area contributed by atoms with Crippen molar-refractivity contribution in [3.05, 3.63) is 29.8 Å². The average Bonchev–Trinajstić information content (AvgIpc) is 3.21. The summed E-state index contributed by atoms with van der Waals surface area (Å²) in [6, 6.07) is 8.89. The predicted molar refractivity (Wildman–Crippen MR) is 82.2 cm³/mol. The Balaban J connectivity index is 1.65. The number of rotatable bonds is 4. The summed E-state index contributed by atoms with van der Waals surface area (Å²) in [5.41, 5.74) is 7.75. The molecule has 0 radical (unpaired) electrons. The molecule has 3 heteroatoms. The van der Waals surface area contributed by atoms with Gasteiger partial charge in [0.1, 0.15) is 11.9 Å². The highest BCUT2D eigenvalue weighted by Gasteiger charge is 2.47. The molecule has 2 aliphatic rings. The lowest BCUT2D eigenvalue weighted by atomic mass is 9.89. The number of nitrogens with zero attached hydrogens (tertiary/aromatic N) is 1. The van der Waals surface area contributed by atoms with Crippen LogP contribution >= 0.6 is 0 Å². The zero-order valence-electron chi connectivity index (χ0n) is 12.6. The Morgan fingerprint density at radius 2 is 2.00 bits per heavy atom. The van der Waals surface area contributed by atoms with Gasteiger partial charge in [-0.25, -0.2) is 0 Å². The molecule has 1 heterocycles. The van der Waals surface area contributed by atoms with Gasteiger partial charge in [-0.1, -0.05) is 12.1 Å². The number of likely N-dealkylation sites (tertiary alicyclic amines) is 1. The van der Waals surface area contributed by atoms with E-state index in [1.54, 1.807) is 0 Å². The lowest BCUT2D eigenvalue weighted by Crippen LogP contribution is -2.38. The standard InChI is InChI=1S/C17H26N2O/c1-13(18)17(9-10-17)14-5-7-15(8-6-14)20-16-4-3-11-19(2)12-16/h5-8,13,16H,3-4,9-12,18H2,1-2H3. The van der Waals surface area contributed by atoms with Gasteiger partial charge in [-0.05, 0) is 63.9 Å². The molecule has 3 nitrogen and oxygen atoms in total. The quantitative estimate of drug-likeness (QED) is 0.917. The summed E-state index contributed by atoms with van der Waals surface area (Å²) in [6.45, 7) is 4.34. The molecule has 3 rings (SSSR count). The summed E-state index contributed by atoms with van der Waals surface area (Å²) in [5.74, 6) is 0.995. The molecule has 1 saturated carbocycles. The number of hydrogen-bond donors (Lipinski definition) is 1. The molecule has 0 spiro atoms. The van der Waals surface area contributed by atoms with Crippen molar-refractivity contribution in [2.75, 3.05) is 20.1 Å². The van der Waals surface area contributed by atoms with Crippen molar-refractivity contribution in [1.82, 2.24) is 4.90 Å². The summed E-state index contributed by atoms with van der Waals surface area (Å²) < 4.78 is 6.10. The van der Waals surface area contributed by atoms with E-state index in [0.717, 1.165) is 18.7 Å². The number of likely N-dealkylation sites (N-methyl/N-ethyl adjacent to an activating group) is 1. The van der Waals surface area contributed by atoms with Crippen LogP contribution in [-0.2, 0) is 5.41 Å². The molecule has 0 amide bonds. The largest absolute Gasteiger partial charge is 0.489 e. The highest BCUT2D eigenvalue weighted by molar-refractivity contribution is 5.37. The molecule has 110 valence electrons. The molecular formula is C17H26N2O. The lowest BCUT2D eigenvalue weighted by Gasteiger charge is -2.30. The fourth-order valence-corrected chi connectivity index (χ4v) is 3.41. The molecule has 1 aliphatic heterocycles. The topological polar surface area (TPSA) is 38.5 Å². The minimum absolute atomic E-state index is 0.237. The first-order valence-electron chi connectivity index (χ1n) is 7.81. The van der Waals surface area contributed by atoms with Crippen LogP contribution in [-0.4, -0.2) is 37.2 Å². The molecule has 0 bridgehead atoms. The Kier molecular flexibility index (Phi) is 3.74. The average molecular weight is 274 g/mol. The Labute approximate surface area is 122 Å². The van der Waals surface area contributed by atoms with Crippen LogP contribution in [0.4, 0.5) is 0 Å². The van der Waals surface area contributed by atoms with Crippen molar-refractivity contribution in [1.29, 1.82) is 0 Å². The molecule has 2 N–H and O–H groups in total. The van der Waals surface area contributed by atoms with E-state index < -0.39 is 0 Å². The number of ether oxygens (including phenoxy) is 1. The minimum atomic E-state index is 0.237. The van der Waals surface area contributed by atoms with Gasteiger partial charge in [-0.15, -0.1) is 0 Å². The van der Waals surface area contributed by atoms with Crippen molar-refractivity contribution in [2.24, 2.45) is 5.73 Å². The third-order valence-electron chi connectivity index (χ3n) is 4.97. The fraction of sp³-hybridized carbons (Fsp3) is 0.647. The van der Waals surface area contributed by atoms with E-state index in [0.29, 0.717) is 6.10 Å². The third-order valence-corrected chi connectivity index (χ3v) is 4.97. The second-order valence-corrected chi connectivity index (χ2v) is 6.61. The van der Waals surface area contributed by atoms with Crippen LogP contribution < -0.4 is 10.5 Å². The summed E-state index contributed by atoms with van der Waals surface area (Å²) in [5, 5.41) is 0. The van der Waals surface area contributed by atoms with Crippen LogP contribution in [0.15, 0.2) is 24.3 Å². The van der Waals surface area contributed by atoms with Gasteiger partial charge in [0, 0.05) is 18.0 Å². The maximum atomic E-state index is 6.13. The van der Waals surface area contributed by atoms with Gasteiger partial charge in [-0.2, -0.15) is 0 Å². The van der Waals surface area contributed by atoms with Gasteiger partial charge in [0.25, 0.3) is 0 Å². The van der Waals surface area contributed by atoms with E-state index in [-0.39, 0.29) is 11.5 Å². The highest BCUT2D eigenvalue weighted by atomic mass is 16.5. The van der Waals surface area contributed by atoms with Crippen molar-refractivity contribution >= 4 is 0 Å². The van der Waals surface area contributed by atoms with E-state index in [1.165, 1.54) is 31.4 Å². The van der Waals surface area contributed by atoms with E-state index >= 15 is 0 Å². The normalized spacial score (nSPS) is 27.1. The van der Waals surface area contributed by atoms with E-state index in [4.69, 9.17) is 10.5 Å². The molecule has 20 heavy (non-hydrogen) atoms. The molecular weight excluding hydrogens is 248 g/mol. The Hall–Kier alpha value is -1.06. The minimum Gasteiger partial charge on any atom is -0.489 e. The molecule has 1 aromatic carbocycles. The second kappa shape index (κ2) is 5.38. The van der Waals surface area contributed by atoms with Crippen molar-refractivity contribution in [3.63, 3.8) is 0 Å². The van der Waals surface area contributed by atoms with Crippen LogP contribution in [0.2, 0.25) is 0 Å². The molecule has 2 fully saturated rings. The molecule has 0 aromatic heterocycles. The second-order valence-electron chi connectivity index (χ2n) is 6.61. The van der Waals surface area contributed by atoms with E-state index in [1.807, 2.05) is 0 Å². The summed E-state index contributed by atoms with van der Waals surface area (Å²) in [4.78, 5) is 2.35. The van der Waals surface area contributed by atoms with Crippen LogP contribution in [0.5, 0.6) is 5.75 Å². The van der Waals surface area contributed by atoms with E-state index in [9.17, 15) is 0 Å². The first-order chi connectivity index (χ1) is 9.60. The molecule has 2 atom stereocenters. The number of nitrogens with two attached hydrogens (primary N) is 1. The zero-order chi connectivity index (χ0) is 14.2. The first-order valence-corrected chi connectivity index (χ1v) is 7.81. The molecule has 1 saturated heterocycles. The third kappa shape index (κ3) is 2.70. The van der Waals surface area contributed by atoms with Crippen LogP contribution in [0.3, 0.4) is 0 Å². The molecule has 2 unspecified atom stereocenters. The van der Waals surface area contributed by atoms with Crippen molar-refractivity contribution in [3.8, 4) is 5.75 Å². The Bertz CT molecular complexity index is 451. The van der Waals surface area contributed by atoms with Gasteiger partial charge < -0.3 is 15.4 Å². The Morgan fingerprint density at radius 3 is 2.55 bits per heavy atom. The summed E-state index contributed by atoms with van der Waals surface area (Å²) in [7, 11) is 2.16. The van der Waals surface area contributed by atoms with Crippen LogP contribution in [0.25, 0.3) is 0 Å². The van der Waals surface area contributed by atoms with Gasteiger partial charge in [0.15, 0.2) is 0 Å². The van der Waals surface area contributed by atoms with Gasteiger partial charge in [0.2, 0.25) is 0 Å². The van der Waals surface area contributed by atoms with Gasteiger partial charge in [0.05, 0.1) is 0 Å². The van der Waals surface area contributed by atoms with Gasteiger partial charge in [-0.3, -0.25) is 0 Å². The zero-order valence-corrected chi connectivity index (χ0v) is 12.6. The predicted octanol–water partition coefficient (Wildman–Crippen LogP) is 2.54. The molecule has 1 aromatic rings. The maximum absolute atomic E-state index is 6.13. The smallest absolute Gasteiger partial charge is 0.119 e. The first kappa shape index (κ1) is 13.9.